The van der Waals surface area contributed by atoms with Crippen molar-refractivity contribution in [2.24, 2.45) is 0 Å². The Morgan fingerprint density at radius 1 is 1.11 bits per heavy atom. The Hall–Kier alpha value is -0.701. The van der Waals surface area contributed by atoms with E-state index in [0.717, 1.165) is 19.9 Å². The standard InChI is InChI=1S/C7H12NP.4CO.Fe/c1-4-5-6-8(9)7(2)3;4*1-2;/h1,7H,5-6H2,2-3H3;;;;;. The second-order valence-electron chi connectivity index (χ2n) is 2.28. The van der Waals surface area contributed by atoms with E-state index in [1.807, 2.05) is 0 Å². The van der Waals surface area contributed by atoms with Crippen LogP contribution in [0, 0.1) is 38.9 Å². The van der Waals surface area contributed by atoms with Gasteiger partial charge >= 0.3 is 117 Å². The predicted octanol–water partition coefficient (Wildman–Crippen LogP) is 1.89. The monoisotopic (exact) mass is 309 g/mol. The van der Waals surface area contributed by atoms with Crippen molar-refractivity contribution in [3.63, 3.8) is 0 Å². The molecule has 98 valence electrons. The van der Waals surface area contributed by atoms with E-state index >= 15 is 0 Å². The molecule has 0 aromatic heterocycles. The van der Waals surface area contributed by atoms with E-state index in [4.69, 9.17) is 25.0 Å². The van der Waals surface area contributed by atoms with Crippen molar-refractivity contribution in [2.75, 3.05) is 6.54 Å². The second-order valence-corrected chi connectivity index (χ2v) is 3.60. The minimum atomic E-state index is 0.549. The van der Waals surface area contributed by atoms with Crippen LogP contribution in [0.4, 0.5) is 0 Å². The van der Waals surface area contributed by atoms with E-state index in [9.17, 15) is 0 Å². The SMILES string of the molecule is C#CCCN([P]=[Fe])C(C)C.[C-]#[O+].[C-]#[O+].[C-]#[O+].[C-]#[O+]. The zero-order valence-corrected chi connectivity index (χ0v) is 11.9. The van der Waals surface area contributed by atoms with Gasteiger partial charge in [-0.25, -0.2) is 0 Å². The summed E-state index contributed by atoms with van der Waals surface area (Å²) in [6, 6.07) is 0.549. The minimum absolute atomic E-state index is 0.549. The van der Waals surface area contributed by atoms with E-state index in [1.54, 1.807) is 0 Å². The molecule has 0 saturated carbocycles. The molecule has 0 spiro atoms. The Bertz CT molecular complexity index is 254. The fraction of sp³-hybridized carbons (Fsp3) is 0.455. The Balaban J connectivity index is -0.0000000596. The molecule has 0 N–H and O–H groups in total. The molecule has 0 amide bonds. The molecule has 0 aromatic rings. The van der Waals surface area contributed by atoms with Gasteiger partial charge in [0.25, 0.3) is 0 Å². The van der Waals surface area contributed by atoms with Crippen molar-refractivity contribution in [3.8, 4) is 12.3 Å². The summed E-state index contributed by atoms with van der Waals surface area (Å²) >= 11 is 3.79. The number of hydrogen-bond donors (Lipinski definition) is 0. The molecule has 0 aliphatic heterocycles. The van der Waals surface area contributed by atoms with E-state index in [-0.39, 0.29) is 0 Å². The summed E-state index contributed by atoms with van der Waals surface area (Å²) in [5.41, 5.74) is 0. The van der Waals surface area contributed by atoms with Crippen molar-refractivity contribution in [1.82, 2.24) is 4.67 Å². The third kappa shape index (κ3) is 36.2. The summed E-state index contributed by atoms with van der Waals surface area (Å²) in [6.07, 6.45) is 5.95. The molecule has 0 aliphatic rings. The van der Waals surface area contributed by atoms with Crippen molar-refractivity contribution in [3.05, 3.63) is 26.6 Å². The van der Waals surface area contributed by atoms with Gasteiger partial charge in [-0.05, 0) is 0 Å². The fourth-order valence-corrected chi connectivity index (χ4v) is 1.98. The van der Waals surface area contributed by atoms with Gasteiger partial charge in [0.1, 0.15) is 0 Å². The molecule has 0 radical (unpaired) electrons. The van der Waals surface area contributed by atoms with E-state index in [2.05, 4.69) is 66.1 Å². The van der Waals surface area contributed by atoms with Crippen LogP contribution in [0.3, 0.4) is 0 Å². The van der Waals surface area contributed by atoms with Crippen molar-refractivity contribution in [2.45, 2.75) is 26.3 Å². The van der Waals surface area contributed by atoms with Gasteiger partial charge in [-0.3, -0.25) is 0 Å². The third-order valence-corrected chi connectivity index (χ3v) is 2.87. The Kier molecular flexibility index (Phi) is 74.5. The van der Waals surface area contributed by atoms with Crippen LogP contribution >= 0.6 is 6.98 Å². The maximum absolute atomic E-state index is 7.50. The molecule has 18 heavy (non-hydrogen) atoms. The Morgan fingerprint density at radius 2 is 1.44 bits per heavy atom. The van der Waals surface area contributed by atoms with Crippen LogP contribution in [0.5, 0.6) is 0 Å². The predicted molar refractivity (Wildman–Crippen MR) is 57.9 cm³/mol. The number of nitrogens with zero attached hydrogens (tertiary/aromatic N) is 1. The molecular weight excluding hydrogens is 297 g/mol. The van der Waals surface area contributed by atoms with Crippen molar-refractivity contribution >= 4 is 6.98 Å². The fourth-order valence-electron chi connectivity index (χ4n) is 0.554. The molecule has 0 atom stereocenters. The zero-order chi connectivity index (χ0) is 16.0. The van der Waals surface area contributed by atoms with Gasteiger partial charge in [0, 0.05) is 0 Å². The van der Waals surface area contributed by atoms with Gasteiger partial charge in [-0.2, -0.15) is 0 Å². The van der Waals surface area contributed by atoms with Crippen LogP contribution in [0.1, 0.15) is 20.3 Å². The molecule has 0 aromatic carbocycles. The summed E-state index contributed by atoms with van der Waals surface area (Å²) in [7, 11) is 0. The van der Waals surface area contributed by atoms with Crippen LogP contribution in [-0.2, 0) is 33.7 Å². The van der Waals surface area contributed by atoms with E-state index in [0.29, 0.717) is 6.04 Å². The first-order chi connectivity index (χ1) is 8.72. The van der Waals surface area contributed by atoms with Crippen LogP contribution < -0.4 is 0 Å². The first kappa shape index (κ1) is 30.4. The summed E-state index contributed by atoms with van der Waals surface area (Å²) in [6.45, 7) is 24.3. The van der Waals surface area contributed by atoms with Gasteiger partial charge in [-0.1, -0.05) is 0 Å². The molecule has 7 heteroatoms. The summed E-state index contributed by atoms with van der Waals surface area (Å²) < 4.78 is 32.2. The van der Waals surface area contributed by atoms with Crippen LogP contribution in [0.15, 0.2) is 0 Å². The number of rotatable bonds is 4. The second kappa shape index (κ2) is 44.1. The van der Waals surface area contributed by atoms with Gasteiger partial charge in [0.15, 0.2) is 0 Å². The topological polar surface area (TPSA) is 82.8 Å². The zero-order valence-electron chi connectivity index (χ0n) is 9.95. The van der Waals surface area contributed by atoms with Gasteiger partial charge in [0.2, 0.25) is 0 Å². The first-order valence-electron chi connectivity index (χ1n) is 4.05. The average Bonchev–Trinajstić information content (AvgIpc) is 2.48. The average molecular weight is 309 g/mol. The normalized spacial score (nSPS) is 6.44. The number of hydrogen-bond acceptors (Lipinski definition) is 1. The molecule has 0 bridgehead atoms. The Labute approximate surface area is 117 Å². The first-order valence-corrected chi connectivity index (χ1v) is 6.24. The van der Waals surface area contributed by atoms with E-state index in [1.165, 1.54) is 0 Å². The Morgan fingerprint density at radius 3 is 1.61 bits per heavy atom. The molecule has 0 unspecified atom stereocenters. The van der Waals surface area contributed by atoms with Crippen molar-refractivity contribution in [1.29, 1.82) is 0 Å². The van der Waals surface area contributed by atoms with Gasteiger partial charge < -0.3 is 0 Å². The van der Waals surface area contributed by atoms with Gasteiger partial charge in [0.05, 0.1) is 0 Å². The molecule has 0 aliphatic carbocycles. The van der Waals surface area contributed by atoms with Gasteiger partial charge in [-0.15, -0.1) is 0 Å². The summed E-state index contributed by atoms with van der Waals surface area (Å²) in [5.74, 6) is 2.61. The molecule has 0 rings (SSSR count). The van der Waals surface area contributed by atoms with Crippen LogP contribution in [0.2, 0.25) is 0 Å². The maximum atomic E-state index is 7.50. The third-order valence-electron chi connectivity index (χ3n) is 1.17. The number of terminal acetylenes is 1. The molecule has 0 fully saturated rings. The molecule has 0 heterocycles. The molecule has 0 saturated heterocycles. The van der Waals surface area contributed by atoms with E-state index < -0.39 is 0 Å². The van der Waals surface area contributed by atoms with Crippen molar-refractivity contribution < 1.29 is 33.7 Å². The molecular formula is C11H12FeNO4P. The molecule has 5 nitrogen and oxygen atoms in total. The van der Waals surface area contributed by atoms with Crippen LogP contribution in [-0.4, -0.2) is 17.3 Å². The summed E-state index contributed by atoms with van der Waals surface area (Å²) in [5, 5.41) is 0. The summed E-state index contributed by atoms with van der Waals surface area (Å²) in [4.78, 5) is 0. The quantitative estimate of drug-likeness (QED) is 0.257. The van der Waals surface area contributed by atoms with Crippen LogP contribution in [0.25, 0.3) is 0 Å².